The summed E-state index contributed by atoms with van der Waals surface area (Å²) < 4.78 is 0. The number of aromatic nitrogens is 2. The fraction of sp³-hybridized carbons (Fsp3) is 0.308. The third-order valence-electron chi connectivity index (χ3n) is 6.35. The van der Waals surface area contributed by atoms with Gasteiger partial charge in [0, 0.05) is 61.5 Å². The van der Waals surface area contributed by atoms with E-state index in [1.165, 1.54) is 6.33 Å². The Morgan fingerprint density at radius 1 is 1.00 bits per heavy atom. The van der Waals surface area contributed by atoms with Gasteiger partial charge in [-0.25, -0.2) is 14.8 Å². The molecule has 0 radical (unpaired) electrons. The Kier molecular flexibility index (Phi) is 6.00. The zero-order valence-electron chi connectivity index (χ0n) is 18.9. The number of hydrogen-bond donors (Lipinski definition) is 1. The number of carbonyl (C=O) groups excluding carboxylic acids is 2. The Morgan fingerprint density at radius 3 is 2.71 bits per heavy atom. The number of terminal acetylenes is 1. The normalized spacial score (nSPS) is 15.9. The van der Waals surface area contributed by atoms with E-state index >= 15 is 0 Å². The summed E-state index contributed by atoms with van der Waals surface area (Å²) in [5, 5.41) is 4.17. The minimum absolute atomic E-state index is 0.00870. The Morgan fingerprint density at radius 2 is 1.88 bits per heavy atom. The number of nitrogens with one attached hydrogen (secondary N) is 1. The molecule has 8 nitrogen and oxygen atoms in total. The second kappa shape index (κ2) is 9.40. The molecule has 3 heterocycles. The van der Waals surface area contributed by atoms with Crippen LogP contribution in [0.4, 0.5) is 22.0 Å². The molecular weight excluding hydrogens is 428 g/mol. The summed E-state index contributed by atoms with van der Waals surface area (Å²) in [6.07, 6.45) is 9.40. The molecule has 0 aliphatic carbocycles. The molecule has 0 saturated carbocycles. The summed E-state index contributed by atoms with van der Waals surface area (Å²) in [6, 6.07) is 13.4. The second-order valence-electron chi connectivity index (χ2n) is 8.53. The Balaban J connectivity index is 1.27. The highest BCUT2D eigenvalue weighted by Gasteiger charge is 2.30. The highest BCUT2D eigenvalue weighted by molar-refractivity contribution is 5.98. The van der Waals surface area contributed by atoms with Crippen LogP contribution in [-0.4, -0.2) is 64.4 Å². The number of hydrogen-bond acceptors (Lipinski definition) is 5. The lowest BCUT2D eigenvalue weighted by Crippen LogP contribution is -2.34. The minimum atomic E-state index is -0.00870. The van der Waals surface area contributed by atoms with Crippen LogP contribution in [0, 0.1) is 12.3 Å². The second-order valence-corrected chi connectivity index (χ2v) is 8.53. The summed E-state index contributed by atoms with van der Waals surface area (Å²) >= 11 is 0. The average molecular weight is 455 g/mol. The summed E-state index contributed by atoms with van der Waals surface area (Å²) in [4.78, 5) is 39.1. The fourth-order valence-electron chi connectivity index (χ4n) is 4.56. The van der Waals surface area contributed by atoms with Crippen LogP contribution in [0.3, 0.4) is 0 Å². The van der Waals surface area contributed by atoms with E-state index in [1.54, 1.807) is 4.90 Å². The van der Waals surface area contributed by atoms with E-state index in [1.807, 2.05) is 52.3 Å². The van der Waals surface area contributed by atoms with E-state index in [4.69, 9.17) is 6.42 Å². The van der Waals surface area contributed by atoms with Crippen molar-refractivity contribution in [2.24, 2.45) is 0 Å². The van der Waals surface area contributed by atoms with Crippen LogP contribution >= 0.6 is 0 Å². The molecule has 1 N–H and O–H groups in total. The van der Waals surface area contributed by atoms with Crippen LogP contribution in [0.1, 0.15) is 24.8 Å². The van der Waals surface area contributed by atoms with Crippen molar-refractivity contribution in [3.63, 3.8) is 0 Å². The Labute approximate surface area is 198 Å². The summed E-state index contributed by atoms with van der Waals surface area (Å²) in [6.45, 7) is 3.51. The average Bonchev–Trinajstić information content (AvgIpc) is 3.44. The van der Waals surface area contributed by atoms with Crippen molar-refractivity contribution in [3.8, 4) is 12.3 Å². The van der Waals surface area contributed by atoms with E-state index in [-0.39, 0.29) is 11.9 Å². The van der Waals surface area contributed by atoms with E-state index in [0.29, 0.717) is 31.9 Å². The van der Waals surface area contributed by atoms with Gasteiger partial charge in [-0.05, 0) is 49.2 Å². The molecule has 2 aromatic carbocycles. The predicted octanol–water partition coefficient (Wildman–Crippen LogP) is 3.61. The zero-order chi connectivity index (χ0) is 23.5. The van der Waals surface area contributed by atoms with Gasteiger partial charge in [-0.1, -0.05) is 12.0 Å². The van der Waals surface area contributed by atoms with Gasteiger partial charge in [-0.2, -0.15) is 0 Å². The lowest BCUT2D eigenvalue weighted by Gasteiger charge is -2.21. The van der Waals surface area contributed by atoms with Crippen LogP contribution in [-0.2, 0) is 4.79 Å². The standard InChI is InChI=1S/C26H26N6O2/c1-2-19-6-3-7-20(16-19)29-25-22-10-9-21(17-23(22)27-18-28-25)32-15-14-31(26(32)34)13-5-12-30-11-4-8-24(30)33/h1,3,6-7,9-10,16-18H,4-5,8,11-15H2,(H,27,28,29). The number of fused-ring (bicyclic) bond motifs is 1. The Bertz CT molecular complexity index is 1280. The Hall–Kier alpha value is -4.12. The van der Waals surface area contributed by atoms with Crippen LogP contribution < -0.4 is 10.2 Å². The summed E-state index contributed by atoms with van der Waals surface area (Å²) in [5.74, 6) is 3.54. The van der Waals surface area contributed by atoms with Gasteiger partial charge >= 0.3 is 6.03 Å². The number of benzene rings is 2. The van der Waals surface area contributed by atoms with Gasteiger partial charge in [0.2, 0.25) is 5.91 Å². The van der Waals surface area contributed by atoms with E-state index < -0.39 is 0 Å². The number of likely N-dealkylation sites (tertiary alicyclic amines) is 1. The number of nitrogens with zero attached hydrogens (tertiary/aromatic N) is 5. The van der Waals surface area contributed by atoms with Gasteiger partial charge in [0.05, 0.1) is 5.52 Å². The first-order chi connectivity index (χ1) is 16.6. The molecule has 2 fully saturated rings. The van der Waals surface area contributed by atoms with Gasteiger partial charge in [0.15, 0.2) is 0 Å². The highest BCUT2D eigenvalue weighted by atomic mass is 16.2. The van der Waals surface area contributed by atoms with E-state index in [9.17, 15) is 9.59 Å². The first kappa shape index (κ1) is 21.7. The first-order valence-corrected chi connectivity index (χ1v) is 11.5. The maximum absolute atomic E-state index is 13.0. The van der Waals surface area contributed by atoms with Crippen molar-refractivity contribution < 1.29 is 9.59 Å². The molecule has 2 aliphatic heterocycles. The van der Waals surface area contributed by atoms with Crippen molar-refractivity contribution >= 4 is 40.0 Å². The van der Waals surface area contributed by atoms with Crippen LogP contribution in [0.5, 0.6) is 0 Å². The number of anilines is 3. The molecule has 5 rings (SSSR count). The van der Waals surface area contributed by atoms with Gasteiger partial charge in [-0.3, -0.25) is 9.69 Å². The minimum Gasteiger partial charge on any atom is -0.343 e. The molecule has 2 aliphatic rings. The monoisotopic (exact) mass is 454 g/mol. The zero-order valence-corrected chi connectivity index (χ0v) is 18.9. The SMILES string of the molecule is C#Cc1cccc(Nc2ncnc3cc(N4CCN(CCCN5CCCC5=O)C4=O)ccc23)c1. The molecule has 0 spiro atoms. The maximum atomic E-state index is 13.0. The smallest absolute Gasteiger partial charge is 0.324 e. The summed E-state index contributed by atoms with van der Waals surface area (Å²) in [5.41, 5.74) is 3.20. The van der Waals surface area contributed by atoms with Crippen LogP contribution in [0.15, 0.2) is 48.8 Å². The van der Waals surface area contributed by atoms with Gasteiger partial charge < -0.3 is 15.1 Å². The van der Waals surface area contributed by atoms with E-state index in [0.717, 1.165) is 53.8 Å². The summed E-state index contributed by atoms with van der Waals surface area (Å²) in [7, 11) is 0. The lowest BCUT2D eigenvalue weighted by atomic mass is 10.2. The molecule has 3 aromatic rings. The topological polar surface area (TPSA) is 81.7 Å². The van der Waals surface area contributed by atoms with Crippen molar-refractivity contribution in [2.45, 2.75) is 19.3 Å². The molecule has 3 amide bonds. The largest absolute Gasteiger partial charge is 0.343 e. The van der Waals surface area contributed by atoms with Crippen molar-refractivity contribution in [1.82, 2.24) is 19.8 Å². The molecule has 8 heteroatoms. The highest BCUT2D eigenvalue weighted by Crippen LogP contribution is 2.29. The number of urea groups is 1. The number of carbonyl (C=O) groups is 2. The van der Waals surface area contributed by atoms with Crippen molar-refractivity contribution in [3.05, 3.63) is 54.4 Å². The molecule has 1 aromatic heterocycles. The molecule has 34 heavy (non-hydrogen) atoms. The van der Waals surface area contributed by atoms with E-state index in [2.05, 4.69) is 21.2 Å². The van der Waals surface area contributed by atoms with Gasteiger partial charge in [0.25, 0.3) is 0 Å². The number of amides is 3. The van der Waals surface area contributed by atoms with Crippen molar-refractivity contribution in [2.75, 3.05) is 42.9 Å². The van der Waals surface area contributed by atoms with Crippen LogP contribution in [0.25, 0.3) is 10.9 Å². The molecular formula is C26H26N6O2. The molecule has 2 saturated heterocycles. The van der Waals surface area contributed by atoms with Gasteiger partial charge in [0.1, 0.15) is 12.1 Å². The maximum Gasteiger partial charge on any atom is 0.324 e. The first-order valence-electron chi connectivity index (χ1n) is 11.5. The van der Waals surface area contributed by atoms with Crippen LogP contribution in [0.2, 0.25) is 0 Å². The molecule has 172 valence electrons. The molecule has 0 bridgehead atoms. The number of rotatable bonds is 7. The fourth-order valence-corrected chi connectivity index (χ4v) is 4.56. The van der Waals surface area contributed by atoms with Crippen molar-refractivity contribution in [1.29, 1.82) is 0 Å². The third-order valence-corrected chi connectivity index (χ3v) is 6.35. The predicted molar refractivity (Wildman–Crippen MR) is 132 cm³/mol. The molecule has 0 unspecified atom stereocenters. The quantitative estimate of drug-likeness (QED) is 0.552. The van der Waals surface area contributed by atoms with Gasteiger partial charge in [-0.15, -0.1) is 6.42 Å². The lowest BCUT2D eigenvalue weighted by molar-refractivity contribution is -0.127. The third kappa shape index (κ3) is 4.37. The molecule has 0 atom stereocenters.